The lowest BCUT2D eigenvalue weighted by atomic mass is 10.1. The van der Waals surface area contributed by atoms with Crippen molar-refractivity contribution >= 4 is 117 Å². The standard InChI is InChI=1S/C36H26S5/c1-2-6-27(7-3-1)10-11-28-26-35(21-20-33-17-16-31(39-33)14-12-29-8-4-24-37-29)41-36(28)23-22-34-19-18-32(40-34)15-13-30-9-5-25-38-30/h1-26H/b11-10+,14-12+,15-13+,21-20+,23-22+. The second kappa shape index (κ2) is 13.9. The predicted molar refractivity (Wildman–Crippen MR) is 193 cm³/mol. The Hall–Kier alpha value is -3.58. The highest BCUT2D eigenvalue weighted by Gasteiger charge is 2.04. The molecule has 0 aliphatic heterocycles. The van der Waals surface area contributed by atoms with Crippen molar-refractivity contribution in [3.8, 4) is 0 Å². The van der Waals surface area contributed by atoms with Crippen molar-refractivity contribution < 1.29 is 0 Å². The van der Waals surface area contributed by atoms with E-state index in [0.717, 1.165) is 0 Å². The molecule has 200 valence electrons. The Morgan fingerprint density at radius 1 is 0.366 bits per heavy atom. The van der Waals surface area contributed by atoms with Crippen molar-refractivity contribution in [1.82, 2.24) is 0 Å². The minimum Gasteiger partial charge on any atom is -0.144 e. The van der Waals surface area contributed by atoms with E-state index >= 15 is 0 Å². The van der Waals surface area contributed by atoms with E-state index < -0.39 is 0 Å². The van der Waals surface area contributed by atoms with Gasteiger partial charge in [-0.25, -0.2) is 0 Å². The normalized spacial score (nSPS) is 12.4. The molecule has 0 spiro atoms. The highest BCUT2D eigenvalue weighted by molar-refractivity contribution is 7.15. The number of thiophene rings is 5. The zero-order valence-corrected chi connectivity index (χ0v) is 26.1. The summed E-state index contributed by atoms with van der Waals surface area (Å²) in [7, 11) is 0. The van der Waals surface area contributed by atoms with E-state index in [1.165, 1.54) is 50.1 Å². The van der Waals surface area contributed by atoms with E-state index in [1.54, 1.807) is 22.7 Å². The Balaban J connectivity index is 1.20. The summed E-state index contributed by atoms with van der Waals surface area (Å²) in [6.45, 7) is 0. The first-order valence-corrected chi connectivity index (χ1v) is 17.3. The second-order valence-corrected chi connectivity index (χ2v) is 14.4. The van der Waals surface area contributed by atoms with Gasteiger partial charge in [0.25, 0.3) is 0 Å². The summed E-state index contributed by atoms with van der Waals surface area (Å²) in [5, 5.41) is 4.22. The van der Waals surface area contributed by atoms with Gasteiger partial charge in [-0.1, -0.05) is 54.6 Å². The van der Waals surface area contributed by atoms with Crippen LogP contribution in [0.15, 0.2) is 95.7 Å². The number of rotatable bonds is 10. The van der Waals surface area contributed by atoms with Crippen molar-refractivity contribution in [1.29, 1.82) is 0 Å². The third kappa shape index (κ3) is 8.00. The summed E-state index contributed by atoms with van der Waals surface area (Å²) >= 11 is 8.96. The van der Waals surface area contributed by atoms with E-state index in [9.17, 15) is 0 Å². The van der Waals surface area contributed by atoms with Crippen LogP contribution in [-0.2, 0) is 0 Å². The molecule has 0 radical (unpaired) electrons. The third-order valence-electron chi connectivity index (χ3n) is 6.08. The fraction of sp³-hybridized carbons (Fsp3) is 0. The summed E-state index contributed by atoms with van der Waals surface area (Å²) in [6, 6.07) is 30.0. The van der Waals surface area contributed by atoms with Crippen LogP contribution in [0.1, 0.15) is 50.1 Å². The quantitative estimate of drug-likeness (QED) is 0.143. The smallest absolute Gasteiger partial charge is 0.0349 e. The van der Waals surface area contributed by atoms with Crippen molar-refractivity contribution in [2.45, 2.75) is 0 Å². The molecule has 0 atom stereocenters. The third-order valence-corrected chi connectivity index (χ3v) is 10.9. The number of hydrogen-bond donors (Lipinski definition) is 0. The number of hydrogen-bond acceptors (Lipinski definition) is 5. The van der Waals surface area contributed by atoms with E-state index in [4.69, 9.17) is 0 Å². The van der Waals surface area contributed by atoms with Gasteiger partial charge in [0.1, 0.15) is 0 Å². The van der Waals surface area contributed by atoms with Gasteiger partial charge in [0.2, 0.25) is 0 Å². The van der Waals surface area contributed by atoms with Gasteiger partial charge in [0.15, 0.2) is 0 Å². The first-order chi connectivity index (χ1) is 20.3. The highest BCUT2D eigenvalue weighted by Crippen LogP contribution is 2.30. The molecule has 0 amide bonds. The summed E-state index contributed by atoms with van der Waals surface area (Å²) in [5.74, 6) is 0. The Morgan fingerprint density at radius 3 is 1.41 bits per heavy atom. The molecule has 0 fully saturated rings. The monoisotopic (exact) mass is 618 g/mol. The maximum atomic E-state index is 2.29. The molecule has 0 N–H and O–H groups in total. The van der Waals surface area contributed by atoms with Crippen LogP contribution in [-0.4, -0.2) is 0 Å². The lowest BCUT2D eigenvalue weighted by Crippen LogP contribution is -1.72. The van der Waals surface area contributed by atoms with E-state index in [0.29, 0.717) is 0 Å². The Labute approximate surface area is 261 Å². The van der Waals surface area contributed by atoms with Gasteiger partial charge >= 0.3 is 0 Å². The SMILES string of the molecule is C(=C\c1cc(/C=C/c2ccc(/C=C/c3cccs3)s2)sc1/C=C/c1ccc(/C=C/c2cccs2)s1)/c1ccccc1. The van der Waals surface area contributed by atoms with Crippen LogP contribution in [0.5, 0.6) is 0 Å². The molecule has 0 bridgehead atoms. The molecule has 0 aliphatic carbocycles. The predicted octanol–water partition coefficient (Wildman–Crippen LogP) is 12.8. The van der Waals surface area contributed by atoms with E-state index in [-0.39, 0.29) is 0 Å². The van der Waals surface area contributed by atoms with Gasteiger partial charge in [-0.05, 0) is 113 Å². The van der Waals surface area contributed by atoms with Crippen molar-refractivity contribution in [3.63, 3.8) is 0 Å². The fourth-order valence-electron chi connectivity index (χ4n) is 4.05. The molecule has 41 heavy (non-hydrogen) atoms. The lowest BCUT2D eigenvalue weighted by molar-refractivity contribution is 1.66. The van der Waals surface area contributed by atoms with E-state index in [1.807, 2.05) is 34.0 Å². The summed E-state index contributed by atoms with van der Waals surface area (Å²) in [4.78, 5) is 10.1. The highest BCUT2D eigenvalue weighted by atomic mass is 32.1. The second-order valence-electron chi connectivity index (χ2n) is 9.06. The molecule has 5 aromatic heterocycles. The minimum atomic E-state index is 1.20. The van der Waals surface area contributed by atoms with Gasteiger partial charge in [-0.15, -0.1) is 56.7 Å². The largest absolute Gasteiger partial charge is 0.144 e. The molecule has 1 aromatic carbocycles. The Kier molecular flexibility index (Phi) is 9.32. The Bertz CT molecular complexity index is 1810. The first-order valence-electron chi connectivity index (χ1n) is 13.1. The first kappa shape index (κ1) is 27.6. The molecule has 5 heterocycles. The molecule has 0 nitrogen and oxygen atoms in total. The summed E-state index contributed by atoms with van der Waals surface area (Å²) in [6.07, 6.45) is 22.1. The van der Waals surface area contributed by atoms with Gasteiger partial charge in [-0.2, -0.15) is 0 Å². The molecule has 6 aromatic rings. The zero-order chi connectivity index (χ0) is 27.7. The fourth-order valence-corrected chi connectivity index (χ4v) is 7.88. The number of benzene rings is 1. The van der Waals surface area contributed by atoms with Gasteiger partial charge in [0.05, 0.1) is 0 Å². The van der Waals surface area contributed by atoms with Crippen LogP contribution >= 0.6 is 56.7 Å². The zero-order valence-electron chi connectivity index (χ0n) is 22.1. The Morgan fingerprint density at radius 2 is 0.878 bits per heavy atom. The molecule has 0 saturated carbocycles. The van der Waals surface area contributed by atoms with Crippen LogP contribution in [0.4, 0.5) is 0 Å². The average molecular weight is 619 g/mol. The van der Waals surface area contributed by atoms with Crippen LogP contribution < -0.4 is 0 Å². The van der Waals surface area contributed by atoms with Crippen LogP contribution in [0, 0.1) is 0 Å². The van der Waals surface area contributed by atoms with Crippen molar-refractivity contribution in [2.75, 3.05) is 0 Å². The summed E-state index contributed by atoms with van der Waals surface area (Å²) in [5.41, 5.74) is 2.43. The maximum absolute atomic E-state index is 2.29. The topological polar surface area (TPSA) is 0 Å². The maximum Gasteiger partial charge on any atom is 0.0349 e. The molecular weight excluding hydrogens is 593 g/mol. The van der Waals surface area contributed by atoms with Gasteiger partial charge in [0, 0.05) is 39.0 Å². The molecule has 5 heteroatoms. The van der Waals surface area contributed by atoms with Crippen LogP contribution in [0.3, 0.4) is 0 Å². The van der Waals surface area contributed by atoms with Gasteiger partial charge < -0.3 is 0 Å². The van der Waals surface area contributed by atoms with Crippen molar-refractivity contribution in [2.24, 2.45) is 0 Å². The van der Waals surface area contributed by atoms with Crippen molar-refractivity contribution in [3.05, 3.63) is 146 Å². The molecular formula is C36H26S5. The average Bonchev–Trinajstić information content (AvgIpc) is 3.84. The minimum absolute atomic E-state index is 1.20. The van der Waals surface area contributed by atoms with Gasteiger partial charge in [-0.3, -0.25) is 0 Å². The molecule has 6 rings (SSSR count). The summed E-state index contributed by atoms with van der Waals surface area (Å²) < 4.78 is 0. The molecule has 0 aliphatic rings. The molecule has 0 saturated heterocycles. The van der Waals surface area contributed by atoms with Crippen LogP contribution in [0.25, 0.3) is 60.8 Å². The van der Waals surface area contributed by atoms with E-state index in [2.05, 4.69) is 156 Å². The molecule has 0 unspecified atom stereocenters. The van der Waals surface area contributed by atoms with Crippen LogP contribution in [0.2, 0.25) is 0 Å². The lowest BCUT2D eigenvalue weighted by Gasteiger charge is -1.93.